The number of halogens is 1. The number of hydrogen-bond donors (Lipinski definition) is 3. The van der Waals surface area contributed by atoms with Gasteiger partial charge < -0.3 is 25.6 Å². The zero-order chi connectivity index (χ0) is 24.6. The van der Waals surface area contributed by atoms with Crippen LogP contribution in [0, 0.1) is 14.9 Å². The number of nitriles is 1. The Hall–Kier alpha value is -3.43. The molecule has 0 saturated carbocycles. The van der Waals surface area contributed by atoms with Gasteiger partial charge >= 0.3 is 0 Å². The summed E-state index contributed by atoms with van der Waals surface area (Å²) in [5.74, 6) is 1.44. The third kappa shape index (κ3) is 7.03. The van der Waals surface area contributed by atoms with Gasteiger partial charge in [0, 0.05) is 35.3 Å². The molecule has 2 aromatic carbocycles. The normalized spacial score (nSPS) is 15.3. The van der Waals surface area contributed by atoms with Crippen molar-refractivity contribution in [1.29, 1.82) is 5.26 Å². The van der Waals surface area contributed by atoms with Crippen LogP contribution < -0.4 is 20.7 Å². The van der Waals surface area contributed by atoms with Crippen LogP contribution in [0.1, 0.15) is 24.0 Å². The average molecular weight is 583 g/mol. The zero-order valence-corrected chi connectivity index (χ0v) is 21.5. The summed E-state index contributed by atoms with van der Waals surface area (Å²) in [6.07, 6.45) is 2.61. The summed E-state index contributed by atoms with van der Waals surface area (Å²) >= 11 is 2.23. The Morgan fingerprint density at radius 2 is 2.09 bits per heavy atom. The van der Waals surface area contributed by atoms with Crippen LogP contribution in [-0.2, 0) is 11.3 Å². The predicted molar refractivity (Wildman–Crippen MR) is 143 cm³/mol. The van der Waals surface area contributed by atoms with Crippen molar-refractivity contribution in [1.82, 2.24) is 20.2 Å². The van der Waals surface area contributed by atoms with E-state index < -0.39 is 0 Å². The highest BCUT2D eigenvalue weighted by molar-refractivity contribution is 14.1. The van der Waals surface area contributed by atoms with Gasteiger partial charge in [-0.05, 0) is 72.0 Å². The highest BCUT2D eigenvalue weighted by Crippen LogP contribution is 2.30. The lowest BCUT2D eigenvalue weighted by atomic mass is 10.2. The smallest absolute Gasteiger partial charge is 0.229 e. The van der Waals surface area contributed by atoms with Crippen LogP contribution in [0.3, 0.4) is 0 Å². The van der Waals surface area contributed by atoms with E-state index in [2.05, 4.69) is 59.5 Å². The molecule has 0 spiro atoms. The molecule has 0 atom stereocenters. The van der Waals surface area contributed by atoms with Crippen LogP contribution in [0.4, 0.5) is 23.1 Å². The number of fused-ring (bicyclic) bond motifs is 5. The first-order valence-corrected chi connectivity index (χ1v) is 12.4. The molecular weight excluding hydrogens is 557 g/mol. The molecule has 0 saturated heterocycles. The highest BCUT2D eigenvalue weighted by atomic mass is 127. The minimum absolute atomic E-state index is 0.0259. The topological polar surface area (TPSA) is 115 Å². The van der Waals surface area contributed by atoms with Gasteiger partial charge in [-0.2, -0.15) is 10.2 Å². The minimum Gasteiger partial charge on any atom is -0.491 e. The molecule has 2 heterocycles. The molecule has 1 aliphatic rings. The Morgan fingerprint density at radius 3 is 2.94 bits per heavy atom. The second-order valence-electron chi connectivity index (χ2n) is 8.20. The lowest BCUT2D eigenvalue weighted by molar-refractivity contribution is -0.121. The number of hydrogen-bond acceptors (Lipinski definition) is 8. The van der Waals surface area contributed by atoms with Gasteiger partial charge in [0.05, 0.1) is 18.5 Å². The fourth-order valence-electron chi connectivity index (χ4n) is 3.60. The van der Waals surface area contributed by atoms with Gasteiger partial charge in [-0.3, -0.25) is 4.79 Å². The molecule has 0 radical (unpaired) electrons. The van der Waals surface area contributed by atoms with Crippen molar-refractivity contribution >= 4 is 51.6 Å². The molecule has 3 N–H and O–H groups in total. The number of rotatable bonds is 0. The summed E-state index contributed by atoms with van der Waals surface area (Å²) in [6.45, 7) is 2.33. The highest BCUT2D eigenvalue weighted by Gasteiger charge is 2.12. The molecule has 3 aromatic rings. The van der Waals surface area contributed by atoms with Crippen molar-refractivity contribution in [3.05, 3.63) is 63.4 Å². The Morgan fingerprint density at radius 1 is 1.20 bits per heavy atom. The number of carbonyl (C=O) groups is 1. The molecule has 180 valence electrons. The Labute approximate surface area is 218 Å². The van der Waals surface area contributed by atoms with E-state index >= 15 is 0 Å². The van der Waals surface area contributed by atoms with Gasteiger partial charge in [-0.25, -0.2) is 4.98 Å². The van der Waals surface area contributed by atoms with E-state index in [0.29, 0.717) is 62.2 Å². The van der Waals surface area contributed by atoms with Crippen LogP contribution in [0.15, 0.2) is 48.7 Å². The summed E-state index contributed by atoms with van der Waals surface area (Å²) in [7, 11) is 1.99. The number of nitrogens with zero attached hydrogens (tertiary/aromatic N) is 4. The van der Waals surface area contributed by atoms with Gasteiger partial charge in [0.15, 0.2) is 5.82 Å². The van der Waals surface area contributed by atoms with Gasteiger partial charge in [0.25, 0.3) is 0 Å². The number of anilines is 4. The van der Waals surface area contributed by atoms with E-state index in [1.165, 1.54) is 6.20 Å². The number of nitrogens with one attached hydrogen (secondary N) is 3. The molecule has 0 fully saturated rings. The molecule has 10 heteroatoms. The molecule has 9 nitrogen and oxygen atoms in total. The van der Waals surface area contributed by atoms with E-state index in [1.54, 1.807) is 0 Å². The molecule has 35 heavy (non-hydrogen) atoms. The molecule has 4 bridgehead atoms. The molecule has 1 aliphatic heterocycles. The van der Waals surface area contributed by atoms with Crippen molar-refractivity contribution < 1.29 is 9.53 Å². The van der Waals surface area contributed by atoms with Crippen molar-refractivity contribution in [2.45, 2.75) is 19.4 Å². The van der Waals surface area contributed by atoms with E-state index in [1.807, 2.05) is 49.5 Å². The Bertz CT molecular complexity index is 1240. The SMILES string of the molecule is CN1CCC(=O)NCCCOc2ccc(I)cc2Nc2ncc(C#N)c(n2)Nc2cccc(c2)C1. The van der Waals surface area contributed by atoms with E-state index in [9.17, 15) is 10.1 Å². The Kier molecular flexibility index (Phi) is 8.33. The second-order valence-corrected chi connectivity index (χ2v) is 9.44. The maximum Gasteiger partial charge on any atom is 0.229 e. The van der Waals surface area contributed by atoms with Crippen LogP contribution in [0.5, 0.6) is 5.75 Å². The first-order valence-electron chi connectivity index (χ1n) is 11.3. The lowest BCUT2D eigenvalue weighted by Gasteiger charge is -2.18. The van der Waals surface area contributed by atoms with Crippen LogP contribution in [0.2, 0.25) is 0 Å². The van der Waals surface area contributed by atoms with Gasteiger partial charge in [-0.1, -0.05) is 12.1 Å². The number of benzene rings is 2. The summed E-state index contributed by atoms with van der Waals surface area (Å²) in [5.41, 5.74) is 2.95. The summed E-state index contributed by atoms with van der Waals surface area (Å²) < 4.78 is 7.00. The minimum atomic E-state index is 0.0259. The molecule has 1 amide bonds. The van der Waals surface area contributed by atoms with E-state index in [-0.39, 0.29) is 5.91 Å². The standard InChI is InChI=1S/C25H26IN7O2/c1-33-10-8-23(34)28-9-3-11-35-22-7-6-19(26)13-21(22)31-25-29-15-18(14-27)24(32-25)30-20-5-2-4-17(12-20)16-33/h2,4-7,12-13,15H,3,8-11,16H2,1H3,(H,28,34)(H2,29,30,31,32). The van der Waals surface area contributed by atoms with Crippen molar-refractivity contribution in [3.8, 4) is 11.8 Å². The van der Waals surface area contributed by atoms with Crippen LogP contribution in [-0.4, -0.2) is 47.5 Å². The van der Waals surface area contributed by atoms with Crippen molar-refractivity contribution in [3.63, 3.8) is 0 Å². The average Bonchev–Trinajstić information content (AvgIpc) is 2.84. The molecule has 0 unspecified atom stereocenters. The second kappa shape index (κ2) is 11.8. The summed E-state index contributed by atoms with van der Waals surface area (Å²) in [4.78, 5) is 23.2. The first-order chi connectivity index (χ1) is 17.0. The molecule has 4 rings (SSSR count). The van der Waals surface area contributed by atoms with E-state index in [4.69, 9.17) is 4.74 Å². The largest absolute Gasteiger partial charge is 0.491 e. The van der Waals surface area contributed by atoms with E-state index in [0.717, 1.165) is 20.5 Å². The number of ether oxygens (including phenoxy) is 1. The molecule has 0 aliphatic carbocycles. The van der Waals surface area contributed by atoms with Crippen LogP contribution in [0.25, 0.3) is 0 Å². The molecule has 1 aromatic heterocycles. The molecular formula is C25H26IN7O2. The summed E-state index contributed by atoms with van der Waals surface area (Å²) in [5, 5.41) is 19.0. The number of amides is 1. The maximum atomic E-state index is 12.2. The van der Waals surface area contributed by atoms with Gasteiger partial charge in [0.2, 0.25) is 11.9 Å². The van der Waals surface area contributed by atoms with Crippen molar-refractivity contribution in [2.75, 3.05) is 37.4 Å². The first kappa shape index (κ1) is 24.7. The van der Waals surface area contributed by atoms with Crippen molar-refractivity contribution in [2.24, 2.45) is 0 Å². The number of aromatic nitrogens is 2. The lowest BCUT2D eigenvalue weighted by Crippen LogP contribution is -2.29. The maximum absolute atomic E-state index is 12.2. The third-order valence-electron chi connectivity index (χ3n) is 5.36. The number of carbonyl (C=O) groups excluding carboxylic acids is 1. The van der Waals surface area contributed by atoms with Gasteiger partial charge in [-0.15, -0.1) is 0 Å². The quantitative estimate of drug-likeness (QED) is 0.338. The monoisotopic (exact) mass is 583 g/mol. The predicted octanol–water partition coefficient (Wildman–Crippen LogP) is 4.16. The third-order valence-corrected chi connectivity index (χ3v) is 6.03. The fraction of sp³-hybridized carbons (Fsp3) is 0.280. The zero-order valence-electron chi connectivity index (χ0n) is 19.3. The summed E-state index contributed by atoms with van der Waals surface area (Å²) in [6, 6.07) is 15.8. The Balaban J connectivity index is 1.66. The van der Waals surface area contributed by atoms with Gasteiger partial charge in [0.1, 0.15) is 17.4 Å². The fourth-order valence-corrected chi connectivity index (χ4v) is 4.09. The van der Waals surface area contributed by atoms with Crippen LogP contribution >= 0.6 is 22.6 Å².